The second-order valence-corrected chi connectivity index (χ2v) is 24.5. The minimum atomic E-state index is -0.774. The van der Waals surface area contributed by atoms with Crippen molar-refractivity contribution in [2.24, 2.45) is 0 Å². The molecule has 79 heavy (non-hydrogen) atoms. The van der Waals surface area contributed by atoms with Crippen molar-refractivity contribution in [1.82, 2.24) is 0 Å². The van der Waals surface area contributed by atoms with E-state index >= 15 is 0 Å². The quantitative estimate of drug-likeness (QED) is 0.0261. The molecule has 0 amide bonds. The molecule has 0 spiro atoms. The van der Waals surface area contributed by atoms with Gasteiger partial charge in [0.2, 0.25) is 0 Å². The first-order chi connectivity index (χ1) is 39.0. The zero-order valence-corrected chi connectivity index (χ0v) is 53.7. The van der Waals surface area contributed by atoms with E-state index in [1.165, 1.54) is 289 Å². The molecule has 0 bridgehead atoms. The lowest BCUT2D eigenvalue weighted by Gasteiger charge is -2.18. The molecule has 0 rings (SSSR count). The van der Waals surface area contributed by atoms with Gasteiger partial charge in [0.25, 0.3) is 0 Å². The van der Waals surface area contributed by atoms with E-state index in [4.69, 9.17) is 14.2 Å². The van der Waals surface area contributed by atoms with Gasteiger partial charge in [-0.1, -0.05) is 366 Å². The van der Waals surface area contributed by atoms with Crippen molar-refractivity contribution < 1.29 is 28.6 Å². The third kappa shape index (κ3) is 66.6. The third-order valence-corrected chi connectivity index (χ3v) is 16.5. The van der Waals surface area contributed by atoms with Crippen LogP contribution in [-0.2, 0) is 28.6 Å². The molecule has 0 aromatic heterocycles. The molecule has 0 aromatic rings. The van der Waals surface area contributed by atoms with Crippen LogP contribution in [0.25, 0.3) is 0 Å². The predicted octanol–water partition coefficient (Wildman–Crippen LogP) is 24.6. The third-order valence-electron chi connectivity index (χ3n) is 16.5. The number of ether oxygens (including phenoxy) is 3. The van der Waals surface area contributed by atoms with Crippen LogP contribution in [0.4, 0.5) is 0 Å². The molecule has 0 aliphatic rings. The molecular formula is C73H138O6. The highest BCUT2D eigenvalue weighted by atomic mass is 16.6. The van der Waals surface area contributed by atoms with E-state index in [9.17, 15) is 14.4 Å². The lowest BCUT2D eigenvalue weighted by Crippen LogP contribution is -2.30. The Kier molecular flexibility index (Phi) is 66.6. The maximum Gasteiger partial charge on any atom is 0.306 e. The molecule has 6 heteroatoms. The average molecular weight is 1110 g/mol. The molecule has 0 saturated carbocycles. The summed E-state index contributed by atoms with van der Waals surface area (Å²) in [7, 11) is 0. The van der Waals surface area contributed by atoms with Gasteiger partial charge in [0.1, 0.15) is 13.2 Å². The lowest BCUT2D eigenvalue weighted by atomic mass is 10.0. The Bertz CT molecular complexity index is 1270. The molecule has 0 aliphatic heterocycles. The highest BCUT2D eigenvalue weighted by Crippen LogP contribution is 2.19. The van der Waals surface area contributed by atoms with Gasteiger partial charge in [-0.05, 0) is 44.9 Å². The summed E-state index contributed by atoms with van der Waals surface area (Å²) in [6.07, 6.45) is 83.6. The minimum Gasteiger partial charge on any atom is -0.462 e. The largest absolute Gasteiger partial charge is 0.462 e. The van der Waals surface area contributed by atoms with Crippen LogP contribution in [0.15, 0.2) is 24.3 Å². The smallest absolute Gasteiger partial charge is 0.306 e. The molecule has 0 aliphatic carbocycles. The maximum absolute atomic E-state index is 13.0. The summed E-state index contributed by atoms with van der Waals surface area (Å²) in [6.45, 7) is 6.68. The molecule has 0 fully saturated rings. The maximum atomic E-state index is 13.0. The van der Waals surface area contributed by atoms with Gasteiger partial charge in [-0.15, -0.1) is 0 Å². The SMILES string of the molecule is CCCC/C=C\C/C=C\CCCCCCCC(=O)OCC(COC(=O)CCCCCCCCCCCCCCCCCCCCCCCCCCCC)OC(=O)CCCCCCCCCCCCCCCCCCCCCCC. The molecule has 1 atom stereocenters. The monoisotopic (exact) mass is 1110 g/mol. The molecule has 1 unspecified atom stereocenters. The van der Waals surface area contributed by atoms with Crippen molar-refractivity contribution in [3.63, 3.8) is 0 Å². The van der Waals surface area contributed by atoms with Crippen LogP contribution >= 0.6 is 0 Å². The molecule has 0 N–H and O–H groups in total. The van der Waals surface area contributed by atoms with E-state index in [0.29, 0.717) is 19.3 Å². The van der Waals surface area contributed by atoms with Crippen molar-refractivity contribution in [2.75, 3.05) is 13.2 Å². The highest BCUT2D eigenvalue weighted by Gasteiger charge is 2.19. The van der Waals surface area contributed by atoms with Gasteiger partial charge in [0, 0.05) is 19.3 Å². The molecule has 0 aromatic carbocycles. The zero-order chi connectivity index (χ0) is 57.1. The predicted molar refractivity (Wildman–Crippen MR) is 344 cm³/mol. The Labute approximate surface area is 493 Å². The van der Waals surface area contributed by atoms with Crippen LogP contribution in [0.2, 0.25) is 0 Å². The number of carbonyl (C=O) groups is 3. The Morgan fingerprint density at radius 2 is 0.468 bits per heavy atom. The van der Waals surface area contributed by atoms with Gasteiger partial charge in [-0.2, -0.15) is 0 Å². The summed E-state index contributed by atoms with van der Waals surface area (Å²) < 4.78 is 17.0. The molecular weight excluding hydrogens is 973 g/mol. The topological polar surface area (TPSA) is 78.9 Å². The van der Waals surface area contributed by atoms with Gasteiger partial charge in [-0.25, -0.2) is 0 Å². The van der Waals surface area contributed by atoms with Gasteiger partial charge in [0.15, 0.2) is 6.10 Å². The molecule has 0 heterocycles. The van der Waals surface area contributed by atoms with Crippen molar-refractivity contribution >= 4 is 17.9 Å². The standard InChI is InChI=1S/C73H138O6/c1-4-7-10-13-16-19-22-25-28-30-32-34-35-36-37-38-40-41-43-45-48-51-54-57-60-63-66-72(75)78-69-70(68-77-71(74)65-62-59-56-53-50-47-27-24-21-18-15-12-9-6-3)79-73(76)67-64-61-58-55-52-49-46-44-42-39-33-31-29-26-23-20-17-14-11-8-5-2/h15,18,24,27,70H,4-14,16-17,19-23,25-26,28-69H2,1-3H3/b18-15-,27-24-. The number of carbonyl (C=O) groups excluding carboxylic acids is 3. The van der Waals surface area contributed by atoms with Crippen molar-refractivity contribution in [3.8, 4) is 0 Å². The Morgan fingerprint density at radius 3 is 0.734 bits per heavy atom. The first kappa shape index (κ1) is 76.9. The van der Waals surface area contributed by atoms with Crippen LogP contribution in [0.1, 0.15) is 406 Å². The number of esters is 3. The summed E-state index contributed by atoms with van der Waals surface area (Å²) in [6, 6.07) is 0. The lowest BCUT2D eigenvalue weighted by molar-refractivity contribution is -0.167. The van der Waals surface area contributed by atoms with Gasteiger partial charge in [-0.3, -0.25) is 14.4 Å². The van der Waals surface area contributed by atoms with Crippen molar-refractivity contribution in [3.05, 3.63) is 24.3 Å². The fourth-order valence-corrected chi connectivity index (χ4v) is 11.1. The Balaban J connectivity index is 4.22. The van der Waals surface area contributed by atoms with E-state index in [0.717, 1.165) is 77.0 Å². The molecule has 6 nitrogen and oxygen atoms in total. The highest BCUT2D eigenvalue weighted by molar-refractivity contribution is 5.71. The summed E-state index contributed by atoms with van der Waals surface area (Å²) in [4.78, 5) is 38.4. The van der Waals surface area contributed by atoms with E-state index in [2.05, 4.69) is 45.1 Å². The Hall–Kier alpha value is -2.11. The van der Waals surface area contributed by atoms with E-state index < -0.39 is 6.10 Å². The first-order valence-corrected chi connectivity index (χ1v) is 35.8. The molecule has 0 saturated heterocycles. The average Bonchev–Trinajstić information content (AvgIpc) is 3.45. The van der Waals surface area contributed by atoms with E-state index in [1.807, 2.05) is 0 Å². The van der Waals surface area contributed by atoms with Gasteiger partial charge >= 0.3 is 17.9 Å². The van der Waals surface area contributed by atoms with Gasteiger partial charge in [0.05, 0.1) is 0 Å². The number of rotatable bonds is 67. The summed E-state index contributed by atoms with van der Waals surface area (Å²) in [5, 5.41) is 0. The van der Waals surface area contributed by atoms with Gasteiger partial charge < -0.3 is 14.2 Å². The number of hydrogen-bond donors (Lipinski definition) is 0. The van der Waals surface area contributed by atoms with Crippen molar-refractivity contribution in [1.29, 1.82) is 0 Å². The Morgan fingerprint density at radius 1 is 0.253 bits per heavy atom. The van der Waals surface area contributed by atoms with Crippen LogP contribution in [0.3, 0.4) is 0 Å². The normalized spacial score (nSPS) is 12.1. The number of unbranched alkanes of at least 4 members (excludes halogenated alkanes) is 52. The zero-order valence-electron chi connectivity index (χ0n) is 53.7. The van der Waals surface area contributed by atoms with Crippen LogP contribution in [0.5, 0.6) is 0 Å². The van der Waals surface area contributed by atoms with E-state index in [1.54, 1.807) is 0 Å². The van der Waals surface area contributed by atoms with Crippen molar-refractivity contribution in [2.45, 2.75) is 412 Å². The number of allylic oxidation sites excluding steroid dienone is 4. The van der Waals surface area contributed by atoms with E-state index in [-0.39, 0.29) is 31.1 Å². The van der Waals surface area contributed by atoms with Crippen LogP contribution in [-0.4, -0.2) is 37.2 Å². The summed E-state index contributed by atoms with van der Waals surface area (Å²) >= 11 is 0. The second-order valence-electron chi connectivity index (χ2n) is 24.5. The fourth-order valence-electron chi connectivity index (χ4n) is 11.1. The van der Waals surface area contributed by atoms with Crippen LogP contribution in [0, 0.1) is 0 Å². The second kappa shape index (κ2) is 68.4. The number of hydrogen-bond acceptors (Lipinski definition) is 6. The molecule has 0 radical (unpaired) electrons. The molecule has 466 valence electrons. The minimum absolute atomic E-state index is 0.0692. The first-order valence-electron chi connectivity index (χ1n) is 35.8. The van der Waals surface area contributed by atoms with Crippen LogP contribution < -0.4 is 0 Å². The summed E-state index contributed by atoms with van der Waals surface area (Å²) in [5.41, 5.74) is 0. The summed E-state index contributed by atoms with van der Waals surface area (Å²) in [5.74, 6) is -0.850. The fraction of sp³-hybridized carbons (Fsp3) is 0.904.